The molecule has 0 amide bonds. The minimum absolute atomic E-state index is 0.0181. The Balaban J connectivity index is 0.000000285. The molecule has 11 heteroatoms. The van der Waals surface area contributed by atoms with Crippen LogP contribution in [0.3, 0.4) is 0 Å². The predicted octanol–water partition coefficient (Wildman–Crippen LogP) is 7.25. The van der Waals surface area contributed by atoms with Gasteiger partial charge in [0.1, 0.15) is 11.4 Å². The van der Waals surface area contributed by atoms with Crippen molar-refractivity contribution in [2.24, 2.45) is 10.2 Å². The summed E-state index contributed by atoms with van der Waals surface area (Å²) in [5, 5.41) is 27.3. The molecule has 0 saturated carbocycles. The Bertz CT molecular complexity index is 1130. The quantitative estimate of drug-likeness (QED) is 0.175. The van der Waals surface area contributed by atoms with E-state index < -0.39 is 10.9 Å². The molecule has 0 spiro atoms. The third-order valence-corrected chi connectivity index (χ3v) is 4.62. The molecule has 3 N–H and O–H groups in total. The van der Waals surface area contributed by atoms with Crippen LogP contribution in [0.4, 0.5) is 22.7 Å². The van der Waals surface area contributed by atoms with E-state index in [1.54, 1.807) is 36.4 Å². The Morgan fingerprint density at radius 2 is 1.55 bits per heavy atom. The highest BCUT2D eigenvalue weighted by Crippen LogP contribution is 2.38. The number of benzene rings is 3. The summed E-state index contributed by atoms with van der Waals surface area (Å²) in [5.41, 5.74) is 7.74. The smallest absolute Gasteiger partial charge is 0.335 e. The van der Waals surface area contributed by atoms with Gasteiger partial charge in [0.25, 0.3) is 5.69 Å². The summed E-state index contributed by atoms with van der Waals surface area (Å²) in [7, 11) is 0. The van der Waals surface area contributed by atoms with Crippen molar-refractivity contribution in [3.05, 3.63) is 90.9 Å². The summed E-state index contributed by atoms with van der Waals surface area (Å²) < 4.78 is 0. The van der Waals surface area contributed by atoms with E-state index in [0.29, 0.717) is 22.0 Å². The summed E-state index contributed by atoms with van der Waals surface area (Å²) >= 11 is 17.8. The fourth-order valence-electron chi connectivity index (χ4n) is 2.16. The van der Waals surface area contributed by atoms with E-state index in [9.17, 15) is 14.9 Å². The molecule has 0 aliphatic rings. The summed E-state index contributed by atoms with van der Waals surface area (Å²) in [6.07, 6.45) is 0. The molecule has 0 radical (unpaired) electrons. The maximum atomic E-state index is 10.7. The van der Waals surface area contributed by atoms with Crippen molar-refractivity contribution in [3.63, 3.8) is 0 Å². The predicted molar refractivity (Wildman–Crippen MR) is 121 cm³/mol. The Morgan fingerprint density at radius 1 is 0.968 bits per heavy atom. The van der Waals surface area contributed by atoms with E-state index in [2.05, 4.69) is 10.2 Å². The van der Waals surface area contributed by atoms with Crippen molar-refractivity contribution < 1.29 is 14.8 Å². The number of nitrogens with zero attached hydrogens (tertiary/aromatic N) is 3. The molecule has 3 aromatic rings. The molecule has 3 aromatic carbocycles. The van der Waals surface area contributed by atoms with Gasteiger partial charge >= 0.3 is 5.97 Å². The largest absolute Gasteiger partial charge is 0.478 e. The lowest BCUT2D eigenvalue weighted by Gasteiger charge is -2.02. The monoisotopic (exact) mass is 480 g/mol. The van der Waals surface area contributed by atoms with Gasteiger partial charge < -0.3 is 10.8 Å². The zero-order chi connectivity index (χ0) is 23.1. The molecule has 0 bridgehead atoms. The number of carbonyl (C=O) groups is 1. The zero-order valence-corrected chi connectivity index (χ0v) is 18.2. The molecular formula is C20H15Cl3N4O4. The van der Waals surface area contributed by atoms with Gasteiger partial charge in [-0.15, -0.1) is 10.2 Å². The fourth-order valence-corrected chi connectivity index (χ4v) is 2.94. The molecule has 3 rings (SSSR count). The number of non-ortho nitro benzene ring substituents is 1. The number of anilines is 1. The van der Waals surface area contributed by atoms with Crippen LogP contribution in [-0.2, 0) is 0 Å². The number of hydrogen-bond acceptors (Lipinski definition) is 6. The number of halogens is 3. The first-order valence-electron chi connectivity index (χ1n) is 8.48. The lowest BCUT2D eigenvalue weighted by atomic mass is 10.2. The molecule has 0 aliphatic carbocycles. The van der Waals surface area contributed by atoms with Crippen LogP contribution >= 0.6 is 34.8 Å². The van der Waals surface area contributed by atoms with E-state index in [1.165, 1.54) is 6.07 Å². The van der Waals surface area contributed by atoms with Gasteiger partial charge in [-0.1, -0.05) is 52.5 Å². The molecular weight excluding hydrogens is 467 g/mol. The van der Waals surface area contributed by atoms with Crippen molar-refractivity contribution in [2.75, 3.05) is 5.73 Å². The summed E-state index contributed by atoms with van der Waals surface area (Å²) in [5.74, 6) is -0.875. The van der Waals surface area contributed by atoms with Crippen LogP contribution in [0.15, 0.2) is 64.8 Å². The zero-order valence-electron chi connectivity index (χ0n) is 15.9. The molecule has 0 aliphatic heterocycles. The summed E-state index contributed by atoms with van der Waals surface area (Å²) in [6, 6.07) is 13.8. The maximum Gasteiger partial charge on any atom is 0.335 e. The van der Waals surface area contributed by atoms with Crippen molar-refractivity contribution >= 4 is 63.5 Å². The average Bonchev–Trinajstić information content (AvgIpc) is 2.69. The Kier molecular flexibility index (Phi) is 8.32. The highest BCUT2D eigenvalue weighted by atomic mass is 35.5. The van der Waals surface area contributed by atoms with Gasteiger partial charge in [0.2, 0.25) is 0 Å². The van der Waals surface area contributed by atoms with Crippen LogP contribution in [0.1, 0.15) is 15.9 Å². The maximum absolute atomic E-state index is 10.7. The first-order valence-corrected chi connectivity index (χ1v) is 9.62. The van der Waals surface area contributed by atoms with Crippen LogP contribution in [-0.4, -0.2) is 16.0 Å². The highest BCUT2D eigenvalue weighted by molar-refractivity contribution is 6.39. The van der Waals surface area contributed by atoms with Gasteiger partial charge in [-0.2, -0.15) is 0 Å². The van der Waals surface area contributed by atoms with Crippen molar-refractivity contribution in [1.29, 1.82) is 0 Å². The van der Waals surface area contributed by atoms with E-state index in [1.807, 2.05) is 6.92 Å². The summed E-state index contributed by atoms with van der Waals surface area (Å²) in [4.78, 5) is 20.4. The van der Waals surface area contributed by atoms with Crippen LogP contribution < -0.4 is 5.73 Å². The number of azo groups is 1. The number of nitro groups is 1. The normalized spacial score (nSPS) is 10.5. The summed E-state index contributed by atoms with van der Waals surface area (Å²) in [6.45, 7) is 1.92. The topological polar surface area (TPSA) is 131 Å². The van der Waals surface area contributed by atoms with Gasteiger partial charge in [-0.05, 0) is 37.3 Å². The number of rotatable bonds is 4. The van der Waals surface area contributed by atoms with Gasteiger partial charge in [-0.25, -0.2) is 4.79 Å². The van der Waals surface area contributed by atoms with Gasteiger partial charge in [0, 0.05) is 17.8 Å². The molecule has 0 unspecified atom stereocenters. The van der Waals surface area contributed by atoms with Crippen LogP contribution in [0.25, 0.3) is 0 Å². The first-order chi connectivity index (χ1) is 14.6. The number of nitro benzene ring substituents is 1. The van der Waals surface area contributed by atoms with Gasteiger partial charge in [-0.3, -0.25) is 10.1 Å². The number of hydrogen-bond donors (Lipinski definition) is 2. The van der Waals surface area contributed by atoms with Crippen LogP contribution in [0.5, 0.6) is 0 Å². The minimum atomic E-state index is -0.875. The lowest BCUT2D eigenvalue weighted by molar-refractivity contribution is -0.384. The SMILES string of the molecule is Cc1ccc(C(=O)O)cc1.Nc1ccc(N=Nc2c(Cl)cc([N+](=O)[O-])cc2Cl)c(Cl)c1. The van der Waals surface area contributed by atoms with Crippen LogP contribution in [0.2, 0.25) is 15.1 Å². The van der Waals surface area contributed by atoms with Gasteiger partial charge in [0.05, 0.1) is 25.6 Å². The second-order valence-electron chi connectivity index (χ2n) is 6.10. The van der Waals surface area contributed by atoms with Crippen LogP contribution in [0, 0.1) is 17.0 Å². The molecule has 0 aromatic heterocycles. The average molecular weight is 482 g/mol. The number of aryl methyl sites for hydroxylation is 1. The third kappa shape index (κ3) is 6.92. The number of nitrogens with two attached hydrogens (primary N) is 1. The van der Waals surface area contributed by atoms with Crippen molar-refractivity contribution in [3.8, 4) is 0 Å². The minimum Gasteiger partial charge on any atom is -0.478 e. The van der Waals surface area contributed by atoms with E-state index in [4.69, 9.17) is 45.6 Å². The molecule has 8 nitrogen and oxygen atoms in total. The highest BCUT2D eigenvalue weighted by Gasteiger charge is 2.14. The third-order valence-electron chi connectivity index (χ3n) is 3.74. The van der Waals surface area contributed by atoms with Crippen molar-refractivity contribution in [2.45, 2.75) is 6.92 Å². The molecule has 160 valence electrons. The first kappa shape index (κ1) is 24.1. The molecule has 0 atom stereocenters. The molecule has 0 fully saturated rings. The molecule has 0 heterocycles. The Morgan fingerprint density at radius 3 is 2.03 bits per heavy atom. The molecule has 0 saturated heterocycles. The second kappa shape index (κ2) is 10.7. The standard InChI is InChI=1S/C12H7Cl3N4O2.C8H8O2/c13-8-3-6(16)1-2-11(8)17-18-12-9(14)4-7(19(20)21)5-10(12)15;1-6-2-4-7(5-3-6)8(9)10/h1-5H,16H2;2-5H,1H3,(H,9,10). The molecule has 31 heavy (non-hydrogen) atoms. The van der Waals surface area contributed by atoms with E-state index in [-0.39, 0.29) is 21.4 Å². The number of nitrogen functional groups attached to an aromatic ring is 1. The fraction of sp³-hybridized carbons (Fsp3) is 0.0500. The van der Waals surface area contributed by atoms with E-state index >= 15 is 0 Å². The van der Waals surface area contributed by atoms with Gasteiger partial charge in [0.15, 0.2) is 0 Å². The Labute approximate surface area is 192 Å². The number of carboxylic acids is 1. The van der Waals surface area contributed by atoms with E-state index in [0.717, 1.165) is 17.7 Å². The Hall–Kier alpha value is -3.20. The number of carboxylic acid groups (broad SMARTS) is 1. The van der Waals surface area contributed by atoms with Crippen molar-refractivity contribution in [1.82, 2.24) is 0 Å². The number of aromatic carboxylic acids is 1. The lowest BCUT2D eigenvalue weighted by Crippen LogP contribution is -1.94. The second-order valence-corrected chi connectivity index (χ2v) is 7.32.